The maximum Gasteiger partial charge on any atom is 0.146 e. The molecule has 0 aliphatic heterocycles. The Morgan fingerprint density at radius 2 is 2.31 bits per heavy atom. The molecule has 0 aliphatic rings. The predicted molar refractivity (Wildman–Crippen MR) is 71.2 cm³/mol. The molecule has 0 saturated carbocycles. The number of thiophene rings is 1. The molecule has 2 rings (SSSR count). The summed E-state index contributed by atoms with van der Waals surface area (Å²) in [6.45, 7) is 0.785. The number of nitrogens with zero attached hydrogens (tertiary/aromatic N) is 3. The molecule has 0 aliphatic carbocycles. The van der Waals surface area contributed by atoms with Gasteiger partial charge in [-0.1, -0.05) is 11.6 Å². The quantitative estimate of drug-likeness (QED) is 0.866. The maximum atomic E-state index is 5.89. The van der Waals surface area contributed by atoms with Crippen LogP contribution in [0.25, 0.3) is 0 Å². The van der Waals surface area contributed by atoms with Crippen molar-refractivity contribution in [2.45, 2.75) is 6.54 Å². The lowest BCUT2D eigenvalue weighted by Gasteiger charge is -2.17. The Balaban J connectivity index is 2.14. The van der Waals surface area contributed by atoms with E-state index in [1.807, 2.05) is 24.1 Å². The van der Waals surface area contributed by atoms with E-state index in [-0.39, 0.29) is 0 Å². The molecule has 0 bridgehead atoms. The van der Waals surface area contributed by atoms with Gasteiger partial charge in [-0.15, -0.1) is 11.3 Å². The Labute approximate surface area is 111 Å². The summed E-state index contributed by atoms with van der Waals surface area (Å²) in [5, 5.41) is 0. The van der Waals surface area contributed by atoms with Gasteiger partial charge in [0.2, 0.25) is 0 Å². The molecule has 0 radical (unpaired) electrons. The van der Waals surface area contributed by atoms with Crippen LogP contribution in [0.1, 0.15) is 4.88 Å². The van der Waals surface area contributed by atoms with Gasteiger partial charge in [-0.05, 0) is 28.1 Å². The first kappa shape index (κ1) is 11.8. The van der Waals surface area contributed by atoms with E-state index in [0.717, 1.165) is 21.2 Å². The van der Waals surface area contributed by atoms with Crippen molar-refractivity contribution in [2.75, 3.05) is 11.9 Å². The van der Waals surface area contributed by atoms with Crippen LogP contribution < -0.4 is 4.90 Å². The lowest BCUT2D eigenvalue weighted by molar-refractivity contribution is 0.899. The van der Waals surface area contributed by atoms with Gasteiger partial charge in [0.1, 0.15) is 12.1 Å². The Morgan fingerprint density at radius 1 is 1.50 bits per heavy atom. The Bertz CT molecular complexity index is 488. The minimum absolute atomic E-state index is 0.785. The summed E-state index contributed by atoms with van der Waals surface area (Å²) in [5.41, 5.74) is 0. The van der Waals surface area contributed by atoms with Gasteiger partial charge in [-0.3, -0.25) is 0 Å². The van der Waals surface area contributed by atoms with Gasteiger partial charge in [-0.2, -0.15) is 0 Å². The van der Waals surface area contributed by atoms with Crippen LogP contribution in [0, 0.1) is 0 Å². The molecular formula is C10H9BrClN3S. The van der Waals surface area contributed by atoms with Crippen LogP contribution >= 0.6 is 38.9 Å². The van der Waals surface area contributed by atoms with Gasteiger partial charge >= 0.3 is 0 Å². The largest absolute Gasteiger partial charge is 0.353 e. The average Bonchev–Trinajstić information content (AvgIpc) is 2.64. The molecule has 0 N–H and O–H groups in total. The van der Waals surface area contributed by atoms with Gasteiger partial charge in [0, 0.05) is 18.1 Å². The van der Waals surface area contributed by atoms with E-state index in [4.69, 9.17) is 11.6 Å². The lowest BCUT2D eigenvalue weighted by Crippen LogP contribution is -2.17. The zero-order valence-corrected chi connectivity index (χ0v) is 11.7. The highest BCUT2D eigenvalue weighted by Crippen LogP contribution is 2.26. The highest BCUT2D eigenvalue weighted by Gasteiger charge is 2.08. The van der Waals surface area contributed by atoms with Crippen LogP contribution in [0.5, 0.6) is 0 Å². The van der Waals surface area contributed by atoms with Gasteiger partial charge in [0.05, 0.1) is 15.4 Å². The van der Waals surface area contributed by atoms with Crippen LogP contribution in [0.2, 0.25) is 4.34 Å². The lowest BCUT2D eigenvalue weighted by atomic mass is 10.4. The fourth-order valence-electron chi connectivity index (χ4n) is 1.33. The third-order valence-corrected chi connectivity index (χ3v) is 3.81. The molecule has 84 valence electrons. The van der Waals surface area contributed by atoms with Crippen molar-refractivity contribution in [3.05, 3.63) is 38.3 Å². The summed E-state index contributed by atoms with van der Waals surface area (Å²) < 4.78 is 1.70. The van der Waals surface area contributed by atoms with Crippen LogP contribution in [0.4, 0.5) is 5.82 Å². The number of halogens is 2. The van der Waals surface area contributed by atoms with Gasteiger partial charge in [0.25, 0.3) is 0 Å². The SMILES string of the molecule is CN(Cc1ccc(Cl)s1)c1ncncc1Br. The van der Waals surface area contributed by atoms with Crippen molar-refractivity contribution in [1.29, 1.82) is 0 Å². The first-order valence-electron chi connectivity index (χ1n) is 4.57. The zero-order chi connectivity index (χ0) is 11.5. The van der Waals surface area contributed by atoms with Crippen molar-refractivity contribution in [2.24, 2.45) is 0 Å². The van der Waals surface area contributed by atoms with Crippen molar-refractivity contribution < 1.29 is 0 Å². The van der Waals surface area contributed by atoms with Crippen molar-refractivity contribution >= 4 is 44.7 Å². The van der Waals surface area contributed by atoms with Crippen molar-refractivity contribution in [3.8, 4) is 0 Å². The zero-order valence-electron chi connectivity index (χ0n) is 8.52. The van der Waals surface area contributed by atoms with Crippen molar-refractivity contribution in [3.63, 3.8) is 0 Å². The topological polar surface area (TPSA) is 29.0 Å². The van der Waals surface area contributed by atoms with Gasteiger partial charge < -0.3 is 4.90 Å². The highest BCUT2D eigenvalue weighted by molar-refractivity contribution is 9.10. The minimum Gasteiger partial charge on any atom is -0.353 e. The maximum absolute atomic E-state index is 5.89. The fraction of sp³-hybridized carbons (Fsp3) is 0.200. The Kier molecular flexibility index (Phi) is 3.78. The molecule has 6 heteroatoms. The minimum atomic E-state index is 0.785. The van der Waals surface area contributed by atoms with E-state index in [1.165, 1.54) is 11.2 Å². The second-order valence-corrected chi connectivity index (χ2v) is 5.91. The molecule has 2 heterocycles. The van der Waals surface area contributed by atoms with Crippen LogP contribution in [-0.2, 0) is 6.54 Å². The molecule has 0 unspecified atom stereocenters. The number of aromatic nitrogens is 2. The number of anilines is 1. The van der Waals surface area contributed by atoms with Crippen LogP contribution in [0.3, 0.4) is 0 Å². The molecule has 3 nitrogen and oxygen atoms in total. The standard InChI is InChI=1S/C10H9BrClN3S/c1-15(5-7-2-3-9(12)16-7)10-8(11)4-13-6-14-10/h2-4,6H,5H2,1H3. The van der Waals surface area contributed by atoms with Gasteiger partial charge in [-0.25, -0.2) is 9.97 Å². The van der Waals surface area contributed by atoms with Crippen molar-refractivity contribution in [1.82, 2.24) is 9.97 Å². The van der Waals surface area contributed by atoms with E-state index < -0.39 is 0 Å². The van der Waals surface area contributed by atoms with Crippen LogP contribution in [0.15, 0.2) is 29.1 Å². The molecular weight excluding hydrogens is 310 g/mol. The molecule has 0 saturated heterocycles. The Morgan fingerprint density at radius 3 is 2.94 bits per heavy atom. The first-order chi connectivity index (χ1) is 7.66. The van der Waals surface area contributed by atoms with E-state index in [0.29, 0.717) is 0 Å². The number of hydrogen-bond acceptors (Lipinski definition) is 4. The van der Waals surface area contributed by atoms with E-state index in [2.05, 4.69) is 25.9 Å². The normalized spacial score (nSPS) is 10.4. The van der Waals surface area contributed by atoms with Crippen LogP contribution in [-0.4, -0.2) is 17.0 Å². The number of hydrogen-bond donors (Lipinski definition) is 0. The second-order valence-electron chi connectivity index (χ2n) is 3.26. The highest BCUT2D eigenvalue weighted by atomic mass is 79.9. The van der Waals surface area contributed by atoms with E-state index in [1.54, 1.807) is 17.5 Å². The average molecular weight is 319 g/mol. The summed E-state index contributed by atoms with van der Waals surface area (Å²) in [7, 11) is 1.99. The monoisotopic (exact) mass is 317 g/mol. The first-order valence-corrected chi connectivity index (χ1v) is 6.56. The molecule has 0 amide bonds. The summed E-state index contributed by atoms with van der Waals surface area (Å²) in [6.07, 6.45) is 3.28. The summed E-state index contributed by atoms with van der Waals surface area (Å²) in [6, 6.07) is 3.93. The predicted octanol–water partition coefficient (Wildman–Crippen LogP) is 3.59. The number of rotatable bonds is 3. The van der Waals surface area contributed by atoms with Gasteiger partial charge in [0.15, 0.2) is 0 Å². The molecule has 0 aromatic carbocycles. The summed E-state index contributed by atoms with van der Waals surface area (Å²) in [5.74, 6) is 0.875. The summed E-state index contributed by atoms with van der Waals surface area (Å²) in [4.78, 5) is 11.4. The molecule has 16 heavy (non-hydrogen) atoms. The van der Waals surface area contributed by atoms with E-state index >= 15 is 0 Å². The second kappa shape index (κ2) is 5.12. The fourth-order valence-corrected chi connectivity index (χ4v) is 3.00. The Hall–Kier alpha value is -0.650. The third-order valence-electron chi connectivity index (χ3n) is 2.03. The molecule has 2 aromatic heterocycles. The third kappa shape index (κ3) is 2.72. The van der Waals surface area contributed by atoms with E-state index in [9.17, 15) is 0 Å². The smallest absolute Gasteiger partial charge is 0.146 e. The molecule has 0 fully saturated rings. The molecule has 0 atom stereocenters. The summed E-state index contributed by atoms with van der Waals surface area (Å²) >= 11 is 10.9. The molecule has 2 aromatic rings. The molecule has 0 spiro atoms.